The Hall–Kier alpha value is -2.92. The molecule has 2 fully saturated rings. The van der Waals surface area contributed by atoms with E-state index < -0.39 is 0 Å². The second kappa shape index (κ2) is 10.4. The van der Waals surface area contributed by atoms with Crippen LogP contribution in [0, 0.1) is 6.92 Å². The van der Waals surface area contributed by atoms with Crippen LogP contribution in [-0.4, -0.2) is 90.4 Å². The van der Waals surface area contributed by atoms with E-state index in [9.17, 15) is 4.79 Å². The Morgan fingerprint density at radius 2 is 1.83 bits per heavy atom. The van der Waals surface area contributed by atoms with Crippen molar-refractivity contribution in [3.05, 3.63) is 34.2 Å². The highest BCUT2D eigenvalue weighted by Gasteiger charge is 2.24. The summed E-state index contributed by atoms with van der Waals surface area (Å²) in [4.78, 5) is 28.5. The molecule has 2 aliphatic heterocycles. The van der Waals surface area contributed by atoms with Gasteiger partial charge in [0.05, 0.1) is 5.39 Å². The smallest absolute Gasteiger partial charge is 0.251 e. The molecule has 2 saturated heterocycles. The van der Waals surface area contributed by atoms with Crippen LogP contribution < -0.4 is 20.4 Å². The summed E-state index contributed by atoms with van der Waals surface area (Å²) in [7, 11) is 1.68. The molecule has 35 heavy (non-hydrogen) atoms. The third-order valence-corrected chi connectivity index (χ3v) is 7.60. The van der Waals surface area contributed by atoms with Crippen molar-refractivity contribution in [1.82, 2.24) is 30.4 Å². The molecule has 186 valence electrons. The van der Waals surface area contributed by atoms with Gasteiger partial charge in [-0.05, 0) is 66.5 Å². The van der Waals surface area contributed by atoms with E-state index in [1.165, 1.54) is 31.5 Å². The van der Waals surface area contributed by atoms with Crippen molar-refractivity contribution in [2.75, 3.05) is 74.5 Å². The number of rotatable bonds is 7. The summed E-state index contributed by atoms with van der Waals surface area (Å²) >= 11 is 3.51. The van der Waals surface area contributed by atoms with Crippen LogP contribution in [-0.2, 0) is 0 Å². The van der Waals surface area contributed by atoms with Crippen molar-refractivity contribution in [3.63, 3.8) is 0 Å². The van der Waals surface area contributed by atoms with Gasteiger partial charge in [0.25, 0.3) is 5.91 Å². The van der Waals surface area contributed by atoms with Gasteiger partial charge < -0.3 is 25.3 Å². The van der Waals surface area contributed by atoms with Crippen molar-refractivity contribution in [2.45, 2.75) is 19.8 Å². The molecule has 5 rings (SSSR count). The van der Waals surface area contributed by atoms with Crippen LogP contribution in [0.4, 0.5) is 17.2 Å². The number of hydrogen-bond acceptors (Lipinski definition) is 8. The summed E-state index contributed by atoms with van der Waals surface area (Å²) in [5.74, 6) is 0.816. The number of piperazine rings is 1. The van der Waals surface area contributed by atoms with E-state index in [-0.39, 0.29) is 5.91 Å². The maximum absolute atomic E-state index is 12.6. The van der Waals surface area contributed by atoms with Gasteiger partial charge >= 0.3 is 0 Å². The van der Waals surface area contributed by atoms with Crippen molar-refractivity contribution in [2.24, 2.45) is 0 Å². The normalized spacial score (nSPS) is 16.8. The lowest BCUT2D eigenvalue weighted by Crippen LogP contribution is -2.47. The van der Waals surface area contributed by atoms with Gasteiger partial charge in [0.1, 0.15) is 16.7 Å². The summed E-state index contributed by atoms with van der Waals surface area (Å²) in [6.45, 7) is 9.67. The standard InChI is InChI=1S/C24H32BrN9O/c1-16-18(27-5-8-32-6-3-4-7-32)13-17(24(35)26-2)14-19(16)33-9-11-34(12-10-33)23-20-21(25)30-31-22(20)28-15-29-23/h13-15,27H,3-12H2,1-2H3,(H,26,35)(H,28,29,30,31). The predicted octanol–water partition coefficient (Wildman–Crippen LogP) is 2.62. The van der Waals surface area contributed by atoms with Crippen molar-refractivity contribution >= 4 is 50.1 Å². The van der Waals surface area contributed by atoms with E-state index in [2.05, 4.69) is 68.4 Å². The molecule has 4 heterocycles. The van der Waals surface area contributed by atoms with E-state index in [4.69, 9.17) is 0 Å². The number of amides is 1. The number of carbonyl (C=O) groups is 1. The SMILES string of the molecule is CNC(=O)c1cc(NCCN2CCCC2)c(C)c(N2CCN(c3ncnc4[nH]nc(Br)c34)CC2)c1. The average Bonchev–Trinajstić information content (AvgIpc) is 3.54. The zero-order valence-corrected chi connectivity index (χ0v) is 21.9. The molecule has 0 bridgehead atoms. The molecule has 3 aromatic rings. The first-order chi connectivity index (χ1) is 17.0. The van der Waals surface area contributed by atoms with E-state index in [0.29, 0.717) is 5.56 Å². The number of likely N-dealkylation sites (tertiary alicyclic amines) is 1. The lowest BCUT2D eigenvalue weighted by atomic mass is 10.0. The lowest BCUT2D eigenvalue weighted by Gasteiger charge is -2.38. The van der Waals surface area contributed by atoms with E-state index in [0.717, 1.165) is 72.1 Å². The Balaban J connectivity index is 1.34. The first-order valence-electron chi connectivity index (χ1n) is 12.2. The molecule has 1 aromatic carbocycles. The van der Waals surface area contributed by atoms with E-state index in [1.807, 2.05) is 12.1 Å². The molecule has 0 unspecified atom stereocenters. The number of halogens is 1. The summed E-state index contributed by atoms with van der Waals surface area (Å²) in [6, 6.07) is 4.00. The minimum absolute atomic E-state index is 0.0688. The number of aromatic nitrogens is 4. The molecule has 0 radical (unpaired) electrons. The van der Waals surface area contributed by atoms with E-state index in [1.54, 1.807) is 13.4 Å². The van der Waals surface area contributed by atoms with Crippen LogP contribution in [0.25, 0.3) is 11.0 Å². The summed E-state index contributed by atoms with van der Waals surface area (Å²) < 4.78 is 0.726. The Labute approximate surface area is 213 Å². The minimum atomic E-state index is -0.0688. The van der Waals surface area contributed by atoms with Crippen LogP contribution >= 0.6 is 15.9 Å². The number of anilines is 3. The Kier molecular flexibility index (Phi) is 7.05. The van der Waals surface area contributed by atoms with Crippen molar-refractivity contribution in [3.8, 4) is 0 Å². The Morgan fingerprint density at radius 1 is 1.09 bits per heavy atom. The molecule has 0 saturated carbocycles. The molecule has 11 heteroatoms. The predicted molar refractivity (Wildman–Crippen MR) is 143 cm³/mol. The number of carbonyl (C=O) groups excluding carboxylic acids is 1. The molecule has 1 amide bonds. The van der Waals surface area contributed by atoms with Gasteiger partial charge in [-0.15, -0.1) is 0 Å². The average molecular weight is 542 g/mol. The van der Waals surface area contributed by atoms with Crippen molar-refractivity contribution in [1.29, 1.82) is 0 Å². The molecular formula is C24H32BrN9O. The maximum atomic E-state index is 12.6. The summed E-state index contributed by atoms with van der Waals surface area (Å²) in [5, 5.41) is 14.5. The second-order valence-corrected chi connectivity index (χ2v) is 9.88. The maximum Gasteiger partial charge on any atom is 0.251 e. The van der Waals surface area contributed by atoms with Crippen LogP contribution in [0.2, 0.25) is 0 Å². The third kappa shape index (κ3) is 4.92. The van der Waals surface area contributed by atoms with Crippen LogP contribution in [0.5, 0.6) is 0 Å². The highest BCUT2D eigenvalue weighted by molar-refractivity contribution is 9.10. The monoisotopic (exact) mass is 541 g/mol. The number of aromatic amines is 1. The van der Waals surface area contributed by atoms with Gasteiger partial charge in [0.2, 0.25) is 0 Å². The first-order valence-corrected chi connectivity index (χ1v) is 13.0. The number of fused-ring (bicyclic) bond motifs is 1. The van der Waals surface area contributed by atoms with Crippen molar-refractivity contribution < 1.29 is 4.79 Å². The molecule has 3 N–H and O–H groups in total. The summed E-state index contributed by atoms with van der Waals surface area (Å²) in [5.41, 5.74) is 4.71. The lowest BCUT2D eigenvalue weighted by molar-refractivity contribution is 0.0963. The quantitative estimate of drug-likeness (QED) is 0.419. The molecule has 2 aliphatic rings. The van der Waals surface area contributed by atoms with Gasteiger partial charge in [-0.1, -0.05) is 0 Å². The fraction of sp³-hybridized carbons (Fsp3) is 0.500. The number of H-pyrrole nitrogens is 1. The molecule has 0 aliphatic carbocycles. The largest absolute Gasteiger partial charge is 0.383 e. The zero-order chi connectivity index (χ0) is 24.4. The topological polar surface area (TPSA) is 105 Å². The third-order valence-electron chi connectivity index (χ3n) is 7.03. The number of benzene rings is 1. The van der Waals surface area contributed by atoms with Gasteiger partial charge in [-0.3, -0.25) is 9.89 Å². The fourth-order valence-corrected chi connectivity index (χ4v) is 5.50. The Morgan fingerprint density at radius 3 is 2.57 bits per heavy atom. The minimum Gasteiger partial charge on any atom is -0.383 e. The number of hydrogen-bond donors (Lipinski definition) is 3. The highest BCUT2D eigenvalue weighted by Crippen LogP contribution is 2.32. The van der Waals surface area contributed by atoms with Gasteiger partial charge in [-0.25, -0.2) is 9.97 Å². The molecule has 10 nitrogen and oxygen atoms in total. The second-order valence-electron chi connectivity index (χ2n) is 9.13. The van der Waals surface area contributed by atoms with Crippen LogP contribution in [0.15, 0.2) is 23.1 Å². The van der Waals surface area contributed by atoms with Gasteiger partial charge in [0.15, 0.2) is 5.65 Å². The first kappa shape index (κ1) is 23.8. The van der Waals surface area contributed by atoms with Gasteiger partial charge in [-0.2, -0.15) is 5.10 Å². The number of nitrogens with zero attached hydrogens (tertiary/aromatic N) is 6. The molecule has 0 spiro atoms. The molecule has 2 aromatic heterocycles. The molecular weight excluding hydrogens is 510 g/mol. The van der Waals surface area contributed by atoms with Crippen LogP contribution in [0.3, 0.4) is 0 Å². The van der Waals surface area contributed by atoms with Crippen LogP contribution in [0.1, 0.15) is 28.8 Å². The highest BCUT2D eigenvalue weighted by atomic mass is 79.9. The van der Waals surface area contributed by atoms with Gasteiger partial charge in [0, 0.05) is 63.3 Å². The Bertz CT molecular complexity index is 1200. The number of nitrogens with one attached hydrogen (secondary N) is 3. The zero-order valence-electron chi connectivity index (χ0n) is 20.3. The summed E-state index contributed by atoms with van der Waals surface area (Å²) in [6.07, 6.45) is 4.16. The molecule has 0 atom stereocenters. The fourth-order valence-electron chi connectivity index (χ4n) is 5.05. The van der Waals surface area contributed by atoms with E-state index >= 15 is 0 Å².